The van der Waals surface area contributed by atoms with Crippen molar-refractivity contribution in [2.45, 2.75) is 13.0 Å². The molecule has 26 heavy (non-hydrogen) atoms. The molecule has 1 fully saturated rings. The minimum absolute atomic E-state index is 0.116. The third kappa shape index (κ3) is 3.13. The Hall–Kier alpha value is -3.29. The minimum atomic E-state index is -0.772. The minimum Gasteiger partial charge on any atom is -0.325 e. The van der Waals surface area contributed by atoms with Crippen LogP contribution >= 0.6 is 0 Å². The molecule has 7 nitrogen and oxygen atoms in total. The zero-order chi connectivity index (χ0) is 18.8. The van der Waals surface area contributed by atoms with Gasteiger partial charge < -0.3 is 9.80 Å². The zero-order valence-corrected chi connectivity index (χ0v) is 14.0. The van der Waals surface area contributed by atoms with Crippen LogP contribution in [-0.4, -0.2) is 40.8 Å². The lowest BCUT2D eigenvalue weighted by atomic mass is 10.1. The van der Waals surface area contributed by atoms with Crippen LogP contribution in [0.5, 0.6) is 0 Å². The fraction of sp³-hybridized carbons (Fsp3) is 0.222. The van der Waals surface area contributed by atoms with E-state index in [1.807, 2.05) is 0 Å². The number of nitro benzene ring substituents is 1. The highest BCUT2D eigenvalue weighted by Crippen LogP contribution is 2.24. The van der Waals surface area contributed by atoms with Crippen LogP contribution in [0.4, 0.5) is 15.8 Å². The number of rotatable bonds is 3. The van der Waals surface area contributed by atoms with E-state index >= 15 is 0 Å². The highest BCUT2D eigenvalue weighted by atomic mass is 19.1. The lowest BCUT2D eigenvalue weighted by Crippen LogP contribution is -2.58. The first-order chi connectivity index (χ1) is 12.4. The van der Waals surface area contributed by atoms with Crippen LogP contribution in [-0.2, 0) is 4.79 Å². The molecule has 1 atom stereocenters. The van der Waals surface area contributed by atoms with Crippen LogP contribution in [0.2, 0.25) is 0 Å². The molecule has 2 aromatic rings. The lowest BCUT2D eigenvalue weighted by Gasteiger charge is -2.39. The van der Waals surface area contributed by atoms with Crippen LogP contribution in [0.15, 0.2) is 48.5 Å². The summed E-state index contributed by atoms with van der Waals surface area (Å²) in [5.74, 6) is -1.27. The van der Waals surface area contributed by atoms with Gasteiger partial charge in [0.25, 0.3) is 11.6 Å². The molecule has 3 rings (SSSR count). The van der Waals surface area contributed by atoms with E-state index in [9.17, 15) is 24.1 Å². The van der Waals surface area contributed by atoms with Crippen LogP contribution in [0.25, 0.3) is 0 Å². The molecule has 0 saturated carbocycles. The number of nitrogens with zero attached hydrogens (tertiary/aromatic N) is 3. The quantitative estimate of drug-likeness (QED) is 0.624. The number of non-ortho nitro benzene ring substituents is 1. The van der Waals surface area contributed by atoms with Gasteiger partial charge in [0.15, 0.2) is 0 Å². The summed E-state index contributed by atoms with van der Waals surface area (Å²) in [4.78, 5) is 38.2. The number of nitro groups is 1. The number of para-hydroxylation sites is 1. The summed E-state index contributed by atoms with van der Waals surface area (Å²) in [6.45, 7) is 1.98. The Balaban J connectivity index is 1.79. The highest BCUT2D eigenvalue weighted by Gasteiger charge is 2.36. The molecule has 1 aliphatic rings. The number of carbonyl (C=O) groups excluding carboxylic acids is 2. The maximum absolute atomic E-state index is 14.0. The normalized spacial score (nSPS) is 17.3. The standard InChI is InChI=1S/C18H16FN3O4/c1-12-17(23)21(16-5-3-2-4-15(16)19)11-10-20(12)18(24)13-6-8-14(9-7-13)22(25)26/h2-9,12H,10-11H2,1H3. The van der Waals surface area contributed by atoms with E-state index in [2.05, 4.69) is 0 Å². The molecule has 0 aliphatic carbocycles. The van der Waals surface area contributed by atoms with Crippen LogP contribution in [0, 0.1) is 15.9 Å². The van der Waals surface area contributed by atoms with E-state index < -0.39 is 22.7 Å². The Morgan fingerprint density at radius 2 is 1.81 bits per heavy atom. The molecule has 0 aromatic heterocycles. The summed E-state index contributed by atoms with van der Waals surface area (Å²) in [5.41, 5.74) is 0.330. The van der Waals surface area contributed by atoms with Crippen LogP contribution in [0.1, 0.15) is 17.3 Å². The van der Waals surface area contributed by atoms with Crippen molar-refractivity contribution in [3.05, 3.63) is 70.0 Å². The summed E-state index contributed by atoms with van der Waals surface area (Å²) in [6, 6.07) is 10.4. The van der Waals surface area contributed by atoms with Gasteiger partial charge >= 0.3 is 0 Å². The van der Waals surface area contributed by atoms with Gasteiger partial charge in [0.05, 0.1) is 10.6 Å². The maximum Gasteiger partial charge on any atom is 0.269 e. The van der Waals surface area contributed by atoms with E-state index in [1.165, 1.54) is 46.2 Å². The predicted octanol–water partition coefficient (Wildman–Crippen LogP) is 2.61. The van der Waals surface area contributed by atoms with E-state index in [1.54, 1.807) is 19.1 Å². The van der Waals surface area contributed by atoms with Gasteiger partial charge in [-0.1, -0.05) is 12.1 Å². The van der Waals surface area contributed by atoms with E-state index in [0.717, 1.165) is 0 Å². The fourth-order valence-electron chi connectivity index (χ4n) is 2.95. The van der Waals surface area contributed by atoms with E-state index in [-0.39, 0.29) is 35.9 Å². The first kappa shape index (κ1) is 17.5. The van der Waals surface area contributed by atoms with Crippen molar-refractivity contribution in [3.8, 4) is 0 Å². The molecular weight excluding hydrogens is 341 g/mol. The predicted molar refractivity (Wildman–Crippen MR) is 92.3 cm³/mol. The fourth-order valence-corrected chi connectivity index (χ4v) is 2.95. The average molecular weight is 357 g/mol. The Bertz CT molecular complexity index is 869. The van der Waals surface area contributed by atoms with Gasteiger partial charge in [-0.3, -0.25) is 19.7 Å². The van der Waals surface area contributed by atoms with Gasteiger partial charge in [0, 0.05) is 30.8 Å². The molecule has 0 bridgehead atoms. The van der Waals surface area contributed by atoms with E-state index in [0.29, 0.717) is 0 Å². The summed E-state index contributed by atoms with van der Waals surface area (Å²) in [5, 5.41) is 10.7. The maximum atomic E-state index is 14.0. The molecule has 0 N–H and O–H groups in total. The smallest absolute Gasteiger partial charge is 0.269 e. The third-order valence-electron chi connectivity index (χ3n) is 4.38. The van der Waals surface area contributed by atoms with Crippen molar-refractivity contribution < 1.29 is 18.9 Å². The topological polar surface area (TPSA) is 83.8 Å². The lowest BCUT2D eigenvalue weighted by molar-refractivity contribution is -0.384. The second-order valence-electron chi connectivity index (χ2n) is 5.92. The zero-order valence-electron chi connectivity index (χ0n) is 14.0. The second kappa shape index (κ2) is 6.91. The summed E-state index contributed by atoms with van der Waals surface area (Å²) in [6.07, 6.45) is 0. The van der Waals surface area contributed by atoms with Crippen LogP contribution in [0.3, 0.4) is 0 Å². The number of amides is 2. The molecule has 134 valence electrons. The first-order valence-electron chi connectivity index (χ1n) is 8.01. The molecular formula is C18H16FN3O4. The SMILES string of the molecule is CC1C(=O)N(c2ccccc2F)CCN1C(=O)c1ccc([N+](=O)[O-])cc1. The number of hydrogen-bond donors (Lipinski definition) is 0. The Morgan fingerprint density at radius 3 is 2.42 bits per heavy atom. The van der Waals surface area contributed by atoms with Crippen molar-refractivity contribution in [1.82, 2.24) is 4.90 Å². The van der Waals surface area contributed by atoms with Crippen molar-refractivity contribution in [1.29, 1.82) is 0 Å². The first-order valence-corrected chi connectivity index (χ1v) is 8.01. The molecule has 1 heterocycles. The summed E-state index contributed by atoms with van der Waals surface area (Å²) >= 11 is 0. The number of anilines is 1. The van der Waals surface area contributed by atoms with Crippen molar-refractivity contribution in [2.75, 3.05) is 18.0 Å². The Morgan fingerprint density at radius 1 is 1.15 bits per heavy atom. The van der Waals surface area contributed by atoms with Crippen molar-refractivity contribution in [3.63, 3.8) is 0 Å². The summed E-state index contributed by atoms with van der Waals surface area (Å²) < 4.78 is 14.0. The highest BCUT2D eigenvalue weighted by molar-refractivity contribution is 6.03. The number of piperazine rings is 1. The summed E-state index contributed by atoms with van der Waals surface area (Å²) in [7, 11) is 0. The number of carbonyl (C=O) groups is 2. The van der Waals surface area contributed by atoms with Gasteiger partial charge in [-0.25, -0.2) is 4.39 Å². The van der Waals surface area contributed by atoms with Crippen molar-refractivity contribution in [2.24, 2.45) is 0 Å². The van der Waals surface area contributed by atoms with Gasteiger partial charge in [-0.15, -0.1) is 0 Å². The van der Waals surface area contributed by atoms with Crippen molar-refractivity contribution >= 4 is 23.2 Å². The van der Waals surface area contributed by atoms with Crippen LogP contribution < -0.4 is 4.90 Å². The molecule has 1 saturated heterocycles. The van der Waals surface area contributed by atoms with Gasteiger partial charge in [-0.2, -0.15) is 0 Å². The molecule has 0 spiro atoms. The van der Waals surface area contributed by atoms with E-state index in [4.69, 9.17) is 0 Å². The molecule has 2 amide bonds. The molecule has 2 aromatic carbocycles. The Labute approximate surface area is 148 Å². The third-order valence-corrected chi connectivity index (χ3v) is 4.38. The van der Waals surface area contributed by atoms with Gasteiger partial charge in [-0.05, 0) is 31.2 Å². The number of benzene rings is 2. The number of halogens is 1. The average Bonchev–Trinajstić information content (AvgIpc) is 2.64. The Kier molecular flexibility index (Phi) is 4.66. The second-order valence-corrected chi connectivity index (χ2v) is 5.92. The monoisotopic (exact) mass is 357 g/mol. The van der Waals surface area contributed by atoms with Gasteiger partial charge in [0.2, 0.25) is 5.91 Å². The van der Waals surface area contributed by atoms with Gasteiger partial charge in [0.1, 0.15) is 11.9 Å². The molecule has 0 radical (unpaired) electrons. The molecule has 1 aliphatic heterocycles. The number of hydrogen-bond acceptors (Lipinski definition) is 4. The molecule has 8 heteroatoms. The molecule has 1 unspecified atom stereocenters. The largest absolute Gasteiger partial charge is 0.325 e.